The summed E-state index contributed by atoms with van der Waals surface area (Å²) in [4.78, 5) is 0. The third-order valence-corrected chi connectivity index (χ3v) is 3.70. The lowest BCUT2D eigenvalue weighted by atomic mass is 9.89. The highest BCUT2D eigenvalue weighted by Crippen LogP contribution is 2.37. The van der Waals surface area contributed by atoms with Crippen LogP contribution in [0.1, 0.15) is 26.2 Å². The summed E-state index contributed by atoms with van der Waals surface area (Å²) >= 11 is 0. The first kappa shape index (κ1) is 11.4. The van der Waals surface area contributed by atoms with E-state index in [-0.39, 0.29) is 18.0 Å². The Kier molecular flexibility index (Phi) is 3.15. The van der Waals surface area contributed by atoms with Gasteiger partial charge in [-0.2, -0.15) is 0 Å². The standard InChI is InChI=1S/C13H18FNO/c1-10-4-3-7-13(10,9-16)15-12-6-2-5-11(14)8-12/h2,5-6,8,10,15-16H,3-4,7,9H2,1H3. The van der Waals surface area contributed by atoms with Gasteiger partial charge in [-0.15, -0.1) is 0 Å². The number of hydrogen-bond acceptors (Lipinski definition) is 2. The average molecular weight is 223 g/mol. The van der Waals surface area contributed by atoms with Crippen molar-refractivity contribution >= 4 is 5.69 Å². The largest absolute Gasteiger partial charge is 0.394 e. The number of rotatable bonds is 3. The number of nitrogens with one attached hydrogen (secondary N) is 1. The summed E-state index contributed by atoms with van der Waals surface area (Å²) in [6.07, 6.45) is 3.17. The van der Waals surface area contributed by atoms with Crippen LogP contribution in [-0.2, 0) is 0 Å². The second-order valence-electron chi connectivity index (χ2n) is 4.74. The third-order valence-electron chi connectivity index (χ3n) is 3.70. The van der Waals surface area contributed by atoms with Gasteiger partial charge in [0.25, 0.3) is 0 Å². The summed E-state index contributed by atoms with van der Waals surface area (Å²) in [6, 6.07) is 6.42. The van der Waals surface area contributed by atoms with Crippen molar-refractivity contribution in [2.75, 3.05) is 11.9 Å². The van der Waals surface area contributed by atoms with Gasteiger partial charge >= 0.3 is 0 Å². The third kappa shape index (κ3) is 2.05. The van der Waals surface area contributed by atoms with Gasteiger partial charge in [-0.05, 0) is 37.0 Å². The van der Waals surface area contributed by atoms with Gasteiger partial charge in [0.15, 0.2) is 0 Å². The average Bonchev–Trinajstić information content (AvgIpc) is 2.61. The van der Waals surface area contributed by atoms with E-state index in [4.69, 9.17) is 0 Å². The molecule has 0 saturated heterocycles. The maximum absolute atomic E-state index is 13.1. The van der Waals surface area contributed by atoms with E-state index in [2.05, 4.69) is 12.2 Å². The van der Waals surface area contributed by atoms with E-state index in [9.17, 15) is 9.50 Å². The molecule has 1 saturated carbocycles. The van der Waals surface area contributed by atoms with Gasteiger partial charge in [0.05, 0.1) is 12.1 Å². The summed E-state index contributed by atoms with van der Waals surface area (Å²) < 4.78 is 13.1. The van der Waals surface area contributed by atoms with E-state index in [0.29, 0.717) is 5.92 Å². The molecule has 2 N–H and O–H groups in total. The molecule has 1 fully saturated rings. The van der Waals surface area contributed by atoms with Crippen molar-refractivity contribution in [3.63, 3.8) is 0 Å². The summed E-state index contributed by atoms with van der Waals surface area (Å²) in [5, 5.41) is 12.9. The monoisotopic (exact) mass is 223 g/mol. The first-order valence-electron chi connectivity index (χ1n) is 5.81. The minimum atomic E-state index is -0.270. The fourth-order valence-electron chi connectivity index (χ4n) is 2.56. The molecule has 88 valence electrons. The summed E-state index contributed by atoms with van der Waals surface area (Å²) in [7, 11) is 0. The first-order chi connectivity index (χ1) is 7.66. The molecule has 16 heavy (non-hydrogen) atoms. The number of benzene rings is 1. The molecule has 1 aromatic carbocycles. The van der Waals surface area contributed by atoms with Crippen LogP contribution >= 0.6 is 0 Å². The quantitative estimate of drug-likeness (QED) is 0.825. The Morgan fingerprint density at radius 1 is 1.56 bits per heavy atom. The van der Waals surface area contributed by atoms with Crippen LogP contribution in [0.25, 0.3) is 0 Å². The second kappa shape index (κ2) is 4.42. The highest BCUT2D eigenvalue weighted by molar-refractivity contribution is 5.46. The molecule has 3 heteroatoms. The van der Waals surface area contributed by atoms with Crippen LogP contribution in [-0.4, -0.2) is 17.3 Å². The Hall–Kier alpha value is -1.09. The summed E-state index contributed by atoms with van der Waals surface area (Å²) in [5.41, 5.74) is 0.483. The molecule has 0 radical (unpaired) electrons. The highest BCUT2D eigenvalue weighted by atomic mass is 19.1. The predicted octanol–water partition coefficient (Wildman–Crippen LogP) is 2.79. The van der Waals surface area contributed by atoms with E-state index in [0.717, 1.165) is 24.9 Å². The van der Waals surface area contributed by atoms with Gasteiger partial charge in [-0.3, -0.25) is 0 Å². The highest BCUT2D eigenvalue weighted by Gasteiger charge is 2.39. The summed E-state index contributed by atoms with van der Waals surface area (Å²) in [5.74, 6) is 0.171. The molecular weight excluding hydrogens is 205 g/mol. The van der Waals surface area contributed by atoms with E-state index < -0.39 is 0 Å². The minimum Gasteiger partial charge on any atom is -0.394 e. The Morgan fingerprint density at radius 3 is 2.94 bits per heavy atom. The van der Waals surface area contributed by atoms with Crippen LogP contribution in [0.2, 0.25) is 0 Å². The Labute approximate surface area is 95.5 Å². The molecule has 0 heterocycles. The Balaban J connectivity index is 2.18. The van der Waals surface area contributed by atoms with Crippen LogP contribution < -0.4 is 5.32 Å². The zero-order chi connectivity index (χ0) is 11.6. The molecule has 2 nitrogen and oxygen atoms in total. The molecule has 2 unspecified atom stereocenters. The second-order valence-corrected chi connectivity index (χ2v) is 4.74. The maximum Gasteiger partial charge on any atom is 0.125 e. The molecule has 0 amide bonds. The zero-order valence-corrected chi connectivity index (χ0v) is 9.54. The van der Waals surface area contributed by atoms with E-state index in [1.54, 1.807) is 6.07 Å². The molecule has 0 aromatic heterocycles. The van der Waals surface area contributed by atoms with Crippen molar-refractivity contribution in [2.24, 2.45) is 5.92 Å². The van der Waals surface area contributed by atoms with Crippen molar-refractivity contribution in [1.29, 1.82) is 0 Å². The first-order valence-corrected chi connectivity index (χ1v) is 5.81. The lowest BCUT2D eigenvalue weighted by molar-refractivity contribution is 0.184. The number of anilines is 1. The Bertz CT molecular complexity index is 369. The lowest BCUT2D eigenvalue weighted by Crippen LogP contribution is -2.44. The van der Waals surface area contributed by atoms with Gasteiger partial charge in [-0.1, -0.05) is 19.4 Å². The molecule has 1 aromatic rings. The van der Waals surface area contributed by atoms with Crippen molar-refractivity contribution in [1.82, 2.24) is 0 Å². The van der Waals surface area contributed by atoms with Gasteiger partial charge in [0.1, 0.15) is 5.82 Å². The SMILES string of the molecule is CC1CCCC1(CO)Nc1cccc(F)c1. The van der Waals surface area contributed by atoms with Crippen LogP contribution in [0.15, 0.2) is 24.3 Å². The zero-order valence-electron chi connectivity index (χ0n) is 9.54. The van der Waals surface area contributed by atoms with Crippen LogP contribution in [0.4, 0.5) is 10.1 Å². The molecule has 0 aliphatic heterocycles. The van der Waals surface area contributed by atoms with Crippen LogP contribution in [0, 0.1) is 11.7 Å². The Morgan fingerprint density at radius 2 is 2.38 bits per heavy atom. The van der Waals surface area contributed by atoms with Crippen LogP contribution in [0.5, 0.6) is 0 Å². The van der Waals surface area contributed by atoms with Crippen molar-refractivity contribution in [3.8, 4) is 0 Å². The van der Waals surface area contributed by atoms with Gasteiger partial charge in [0.2, 0.25) is 0 Å². The minimum absolute atomic E-state index is 0.102. The van der Waals surface area contributed by atoms with Crippen molar-refractivity contribution in [3.05, 3.63) is 30.1 Å². The molecule has 1 aliphatic carbocycles. The van der Waals surface area contributed by atoms with E-state index >= 15 is 0 Å². The summed E-state index contributed by atoms with van der Waals surface area (Å²) in [6.45, 7) is 2.24. The molecule has 0 spiro atoms. The van der Waals surface area contributed by atoms with Crippen molar-refractivity contribution in [2.45, 2.75) is 31.7 Å². The number of hydrogen-bond donors (Lipinski definition) is 2. The normalized spacial score (nSPS) is 29.3. The van der Waals surface area contributed by atoms with Gasteiger partial charge in [-0.25, -0.2) is 4.39 Å². The predicted molar refractivity (Wildman–Crippen MR) is 62.9 cm³/mol. The molecule has 1 aliphatic rings. The molecular formula is C13H18FNO. The van der Waals surface area contributed by atoms with E-state index in [1.165, 1.54) is 12.1 Å². The van der Waals surface area contributed by atoms with E-state index in [1.807, 2.05) is 6.07 Å². The smallest absolute Gasteiger partial charge is 0.125 e. The number of halogens is 1. The molecule has 2 rings (SSSR count). The molecule has 2 atom stereocenters. The van der Waals surface area contributed by atoms with Crippen molar-refractivity contribution < 1.29 is 9.50 Å². The van der Waals surface area contributed by atoms with Gasteiger partial charge in [0, 0.05) is 5.69 Å². The lowest BCUT2D eigenvalue weighted by Gasteiger charge is -2.34. The maximum atomic E-state index is 13.1. The topological polar surface area (TPSA) is 32.3 Å². The van der Waals surface area contributed by atoms with Crippen LogP contribution in [0.3, 0.4) is 0 Å². The number of aliphatic hydroxyl groups excluding tert-OH is 1. The number of aliphatic hydroxyl groups is 1. The van der Waals surface area contributed by atoms with Gasteiger partial charge < -0.3 is 10.4 Å². The fourth-order valence-corrected chi connectivity index (χ4v) is 2.56. The molecule has 0 bridgehead atoms. The fraction of sp³-hybridized carbons (Fsp3) is 0.538.